The molecule has 3 heteroatoms. The summed E-state index contributed by atoms with van der Waals surface area (Å²) < 4.78 is 0. The summed E-state index contributed by atoms with van der Waals surface area (Å²) in [4.78, 5) is 8.02. The molecule has 0 bridgehead atoms. The predicted octanol–water partition coefficient (Wildman–Crippen LogP) is 1.49. The Morgan fingerprint density at radius 1 is 1.25 bits per heavy atom. The molecule has 1 aliphatic rings. The quantitative estimate of drug-likeness (QED) is 0.624. The smallest absolute Gasteiger partial charge is 0.220 e. The zero-order valence-electron chi connectivity index (χ0n) is 6.57. The molecule has 0 aromatic carbocycles. The SMILES string of the molecule is Nc1ncc2c(n1)C=CCC=C2. The maximum atomic E-state index is 5.45. The Labute approximate surface area is 70.7 Å². The fraction of sp³-hybridized carbons (Fsp3) is 0.111. The number of hydrogen-bond acceptors (Lipinski definition) is 3. The number of nitrogens with two attached hydrogens (primary N) is 1. The van der Waals surface area contributed by atoms with Crippen molar-refractivity contribution < 1.29 is 0 Å². The fourth-order valence-electron chi connectivity index (χ4n) is 1.13. The second-order valence-electron chi connectivity index (χ2n) is 2.61. The second kappa shape index (κ2) is 2.77. The largest absolute Gasteiger partial charge is 0.368 e. The molecule has 0 saturated carbocycles. The normalized spacial score (nSPS) is 14.0. The Morgan fingerprint density at radius 3 is 3.00 bits per heavy atom. The highest BCUT2D eigenvalue weighted by atomic mass is 15.0. The molecule has 1 aliphatic carbocycles. The standard InChI is InChI=1S/C9H9N3/c10-9-11-6-7-4-2-1-3-5-8(7)12-9/h2-6H,1H2,(H2,10,11,12). The lowest BCUT2D eigenvalue weighted by Gasteiger charge is -1.98. The first-order valence-corrected chi connectivity index (χ1v) is 3.82. The van der Waals surface area contributed by atoms with Crippen molar-refractivity contribution in [2.24, 2.45) is 0 Å². The first-order chi connectivity index (χ1) is 5.86. The Hall–Kier alpha value is -1.64. The fourth-order valence-corrected chi connectivity index (χ4v) is 1.13. The van der Waals surface area contributed by atoms with Crippen molar-refractivity contribution in [2.45, 2.75) is 6.42 Å². The van der Waals surface area contributed by atoms with E-state index >= 15 is 0 Å². The molecule has 12 heavy (non-hydrogen) atoms. The molecular weight excluding hydrogens is 150 g/mol. The van der Waals surface area contributed by atoms with Gasteiger partial charge in [0, 0.05) is 11.8 Å². The van der Waals surface area contributed by atoms with Gasteiger partial charge in [-0.1, -0.05) is 18.2 Å². The van der Waals surface area contributed by atoms with Crippen LogP contribution in [0.1, 0.15) is 17.7 Å². The van der Waals surface area contributed by atoms with E-state index in [9.17, 15) is 0 Å². The third-order valence-corrected chi connectivity index (χ3v) is 1.71. The minimum atomic E-state index is 0.328. The van der Waals surface area contributed by atoms with Gasteiger partial charge in [0.25, 0.3) is 0 Å². The molecule has 0 saturated heterocycles. The average molecular weight is 159 g/mol. The molecule has 2 N–H and O–H groups in total. The molecule has 1 heterocycles. The van der Waals surface area contributed by atoms with E-state index in [4.69, 9.17) is 5.73 Å². The lowest BCUT2D eigenvalue weighted by atomic mass is 10.2. The Bertz CT molecular complexity index is 353. The van der Waals surface area contributed by atoms with Crippen LogP contribution < -0.4 is 5.73 Å². The number of nitrogens with zero attached hydrogens (tertiary/aromatic N) is 2. The first kappa shape index (κ1) is 7.03. The van der Waals surface area contributed by atoms with E-state index in [2.05, 4.69) is 22.1 Å². The Morgan fingerprint density at radius 2 is 2.08 bits per heavy atom. The van der Waals surface area contributed by atoms with E-state index in [0.717, 1.165) is 17.7 Å². The van der Waals surface area contributed by atoms with Crippen LogP contribution in [0.3, 0.4) is 0 Å². The summed E-state index contributed by atoms with van der Waals surface area (Å²) in [6.07, 6.45) is 10.8. The Kier molecular flexibility index (Phi) is 1.63. The van der Waals surface area contributed by atoms with Gasteiger partial charge in [0.15, 0.2) is 0 Å². The number of fused-ring (bicyclic) bond motifs is 1. The highest BCUT2D eigenvalue weighted by Crippen LogP contribution is 2.14. The van der Waals surface area contributed by atoms with Gasteiger partial charge in [-0.2, -0.15) is 0 Å². The second-order valence-corrected chi connectivity index (χ2v) is 2.61. The molecular formula is C9H9N3. The number of anilines is 1. The van der Waals surface area contributed by atoms with Crippen molar-refractivity contribution in [1.29, 1.82) is 0 Å². The summed E-state index contributed by atoms with van der Waals surface area (Å²) >= 11 is 0. The lowest BCUT2D eigenvalue weighted by molar-refractivity contribution is 1.16. The zero-order chi connectivity index (χ0) is 8.39. The van der Waals surface area contributed by atoms with Crippen LogP contribution in [0.25, 0.3) is 12.2 Å². The Balaban J connectivity index is 2.58. The topological polar surface area (TPSA) is 51.8 Å². The van der Waals surface area contributed by atoms with Crippen molar-refractivity contribution in [2.75, 3.05) is 5.73 Å². The lowest BCUT2D eigenvalue weighted by Crippen LogP contribution is -1.97. The first-order valence-electron chi connectivity index (χ1n) is 3.82. The van der Waals surface area contributed by atoms with Gasteiger partial charge >= 0.3 is 0 Å². The van der Waals surface area contributed by atoms with Crippen molar-refractivity contribution in [3.05, 3.63) is 29.6 Å². The van der Waals surface area contributed by atoms with Crippen LogP contribution >= 0.6 is 0 Å². The van der Waals surface area contributed by atoms with Gasteiger partial charge in [-0.05, 0) is 12.5 Å². The summed E-state index contributed by atoms with van der Waals surface area (Å²) in [7, 11) is 0. The number of hydrogen-bond donors (Lipinski definition) is 1. The number of nitrogen functional groups attached to an aromatic ring is 1. The predicted molar refractivity (Wildman–Crippen MR) is 49.1 cm³/mol. The summed E-state index contributed by atoms with van der Waals surface area (Å²) in [6.45, 7) is 0. The summed E-state index contributed by atoms with van der Waals surface area (Å²) in [5.74, 6) is 0.328. The maximum Gasteiger partial charge on any atom is 0.220 e. The van der Waals surface area contributed by atoms with Crippen molar-refractivity contribution in [3.8, 4) is 0 Å². The number of allylic oxidation sites excluding steroid dienone is 2. The van der Waals surface area contributed by atoms with E-state index in [-0.39, 0.29) is 0 Å². The molecule has 1 aromatic heterocycles. The molecule has 0 fully saturated rings. The van der Waals surface area contributed by atoms with Gasteiger partial charge in [-0.25, -0.2) is 9.97 Å². The van der Waals surface area contributed by atoms with Gasteiger partial charge in [0.05, 0.1) is 5.69 Å². The van der Waals surface area contributed by atoms with E-state index < -0.39 is 0 Å². The molecule has 3 nitrogen and oxygen atoms in total. The van der Waals surface area contributed by atoms with Gasteiger partial charge in [-0.3, -0.25) is 0 Å². The molecule has 0 aliphatic heterocycles. The number of rotatable bonds is 0. The van der Waals surface area contributed by atoms with Crippen LogP contribution in [0.2, 0.25) is 0 Å². The highest BCUT2D eigenvalue weighted by molar-refractivity contribution is 5.64. The highest BCUT2D eigenvalue weighted by Gasteiger charge is 2.00. The van der Waals surface area contributed by atoms with Gasteiger partial charge in [0.1, 0.15) is 0 Å². The molecule has 0 atom stereocenters. The molecule has 2 rings (SSSR count). The van der Waals surface area contributed by atoms with E-state index in [1.807, 2.05) is 12.2 Å². The molecule has 0 amide bonds. The molecule has 0 spiro atoms. The average Bonchev–Trinajstić information content (AvgIpc) is 2.28. The third-order valence-electron chi connectivity index (χ3n) is 1.71. The molecule has 0 radical (unpaired) electrons. The van der Waals surface area contributed by atoms with Crippen LogP contribution in [0.4, 0.5) is 5.95 Å². The van der Waals surface area contributed by atoms with Crippen molar-refractivity contribution >= 4 is 18.1 Å². The van der Waals surface area contributed by atoms with Crippen LogP contribution in [0.15, 0.2) is 18.3 Å². The van der Waals surface area contributed by atoms with Gasteiger partial charge in [0.2, 0.25) is 5.95 Å². The van der Waals surface area contributed by atoms with Crippen molar-refractivity contribution in [1.82, 2.24) is 9.97 Å². The van der Waals surface area contributed by atoms with Gasteiger partial charge in [-0.15, -0.1) is 0 Å². The summed E-state index contributed by atoms with van der Waals surface area (Å²) in [5, 5.41) is 0. The molecule has 0 unspecified atom stereocenters. The van der Waals surface area contributed by atoms with E-state index in [0.29, 0.717) is 5.95 Å². The van der Waals surface area contributed by atoms with Crippen LogP contribution in [0.5, 0.6) is 0 Å². The number of aromatic nitrogens is 2. The maximum absolute atomic E-state index is 5.45. The monoisotopic (exact) mass is 159 g/mol. The minimum Gasteiger partial charge on any atom is -0.368 e. The third kappa shape index (κ3) is 1.21. The summed E-state index contributed by atoms with van der Waals surface area (Å²) in [5.41, 5.74) is 7.38. The van der Waals surface area contributed by atoms with E-state index in [1.54, 1.807) is 6.20 Å². The van der Waals surface area contributed by atoms with Crippen LogP contribution in [0, 0.1) is 0 Å². The summed E-state index contributed by atoms with van der Waals surface area (Å²) in [6, 6.07) is 0. The van der Waals surface area contributed by atoms with Gasteiger partial charge < -0.3 is 5.73 Å². The zero-order valence-corrected chi connectivity index (χ0v) is 6.57. The minimum absolute atomic E-state index is 0.328. The molecule has 60 valence electrons. The van der Waals surface area contributed by atoms with Crippen LogP contribution in [-0.2, 0) is 0 Å². The van der Waals surface area contributed by atoms with E-state index in [1.165, 1.54) is 0 Å². The molecule has 1 aromatic rings. The van der Waals surface area contributed by atoms with Crippen molar-refractivity contribution in [3.63, 3.8) is 0 Å². The van der Waals surface area contributed by atoms with Crippen LogP contribution in [-0.4, -0.2) is 9.97 Å².